The summed E-state index contributed by atoms with van der Waals surface area (Å²) < 4.78 is 26.1. The summed E-state index contributed by atoms with van der Waals surface area (Å²) in [5, 5.41) is 45.9. The van der Waals surface area contributed by atoms with Crippen molar-refractivity contribution in [2.24, 2.45) is 17.8 Å². The molecule has 2 saturated carbocycles. The number of benzene rings is 1. The van der Waals surface area contributed by atoms with Gasteiger partial charge in [0.15, 0.2) is 11.4 Å². The molecule has 6 aliphatic rings. The number of hydrogen-bond acceptors (Lipinski definition) is 9. The number of ketones is 1. The number of aliphatic hydroxyl groups excluding tert-OH is 3. The van der Waals surface area contributed by atoms with E-state index in [1.54, 1.807) is 39.0 Å². The number of carbonyl (C=O) groups is 1. The molecular weight excluding hydrogens is 468 g/mol. The third-order valence-corrected chi connectivity index (χ3v) is 9.91. The van der Waals surface area contributed by atoms with Crippen LogP contribution in [-0.2, 0) is 29.7 Å². The van der Waals surface area contributed by atoms with Gasteiger partial charge in [-0.3, -0.25) is 4.79 Å². The number of rotatable bonds is 3. The summed E-state index contributed by atoms with van der Waals surface area (Å²) in [6, 6.07) is 9.03. The topological polar surface area (TPSA) is 138 Å². The lowest BCUT2D eigenvalue weighted by Gasteiger charge is -2.61. The van der Waals surface area contributed by atoms with E-state index in [1.807, 2.05) is 18.2 Å². The smallest absolute Gasteiger partial charge is 0.314 e. The molecule has 0 unspecified atom stereocenters. The number of carbonyl (C=O) groups excluding carboxylic acids is 1. The molecule has 4 N–H and O–H groups in total. The second-order valence-corrected chi connectivity index (χ2v) is 11.4. The average molecular weight is 499 g/mol. The van der Waals surface area contributed by atoms with Crippen molar-refractivity contribution < 1.29 is 44.2 Å². The molecule has 0 amide bonds. The quantitative estimate of drug-likeness (QED) is 0.342. The maximum absolute atomic E-state index is 13.5. The van der Waals surface area contributed by atoms with Crippen molar-refractivity contribution in [3.63, 3.8) is 0 Å². The van der Waals surface area contributed by atoms with Crippen LogP contribution in [0.2, 0.25) is 0 Å². The minimum atomic E-state index is -2.35. The Kier molecular flexibility index (Phi) is 4.21. The molecule has 5 fully saturated rings. The summed E-state index contributed by atoms with van der Waals surface area (Å²) in [5.41, 5.74) is -5.48. The van der Waals surface area contributed by atoms with Gasteiger partial charge in [-0.15, -0.1) is 0 Å². The van der Waals surface area contributed by atoms with Crippen LogP contribution in [0.15, 0.2) is 54.1 Å². The van der Waals surface area contributed by atoms with E-state index < -0.39 is 82.9 Å². The van der Waals surface area contributed by atoms with Gasteiger partial charge >= 0.3 is 5.97 Å². The number of hydrogen-bond donors (Lipinski definition) is 4. The van der Waals surface area contributed by atoms with E-state index in [4.69, 9.17) is 18.9 Å². The Morgan fingerprint density at radius 2 is 1.81 bits per heavy atom. The van der Waals surface area contributed by atoms with E-state index in [0.717, 1.165) is 0 Å². The molecule has 9 nitrogen and oxygen atoms in total. The molecule has 9 heteroatoms. The lowest BCUT2D eigenvalue weighted by Crippen LogP contribution is -2.76. The Labute approximate surface area is 207 Å². The maximum atomic E-state index is 13.5. The predicted octanol–water partition coefficient (Wildman–Crippen LogP) is 0.304. The van der Waals surface area contributed by atoms with Crippen molar-refractivity contribution in [2.75, 3.05) is 6.61 Å². The summed E-state index contributed by atoms with van der Waals surface area (Å²) in [6.45, 7) is 8.64. The van der Waals surface area contributed by atoms with Gasteiger partial charge in [0.05, 0.1) is 18.3 Å². The van der Waals surface area contributed by atoms with Crippen LogP contribution in [0.5, 0.6) is 0 Å². The van der Waals surface area contributed by atoms with Crippen LogP contribution in [0.4, 0.5) is 0 Å². The summed E-state index contributed by atoms with van der Waals surface area (Å²) in [4.78, 5) is 13.5. The predicted molar refractivity (Wildman–Crippen MR) is 122 cm³/mol. The standard InChI is InChI=1S/C27H30O9/c1-12(2)25-19(30)14(4)26-16-10-13(3)18(29)24(16,32)22(31)23(11-28)20(33-23)17(26)21(25)34-27(35-25,36-26)15-8-6-5-7-9-15/h5-10,14,16-17,19-22,28,30-32H,1,11H2,2-4H3/t14-,16-,17+,19-,20+,21-,22-,23+,24-,25+,26+,27-/m1/s1. The average Bonchev–Trinajstić information content (AvgIpc) is 3.49. The third kappa shape index (κ3) is 2.11. The second kappa shape index (κ2) is 6.54. The molecule has 3 bridgehead atoms. The third-order valence-electron chi connectivity index (χ3n) is 9.91. The second-order valence-electron chi connectivity index (χ2n) is 11.4. The molecule has 0 radical (unpaired) electrons. The Morgan fingerprint density at radius 1 is 1.11 bits per heavy atom. The molecule has 3 saturated heterocycles. The van der Waals surface area contributed by atoms with E-state index in [0.29, 0.717) is 11.1 Å². The fourth-order valence-electron chi connectivity index (χ4n) is 8.15. The van der Waals surface area contributed by atoms with Crippen LogP contribution < -0.4 is 0 Å². The largest absolute Gasteiger partial charge is 0.393 e. The van der Waals surface area contributed by atoms with Crippen molar-refractivity contribution in [2.45, 2.75) is 73.6 Å². The monoisotopic (exact) mass is 498 g/mol. The number of epoxide rings is 1. The molecule has 3 aliphatic heterocycles. The van der Waals surface area contributed by atoms with Crippen molar-refractivity contribution in [1.29, 1.82) is 0 Å². The first-order valence-electron chi connectivity index (χ1n) is 12.4. The minimum Gasteiger partial charge on any atom is -0.393 e. The van der Waals surface area contributed by atoms with Crippen molar-refractivity contribution >= 4 is 5.78 Å². The van der Waals surface area contributed by atoms with Crippen LogP contribution in [0.25, 0.3) is 0 Å². The van der Waals surface area contributed by atoms with Gasteiger partial charge in [0.25, 0.3) is 0 Å². The highest BCUT2D eigenvalue weighted by Gasteiger charge is 2.90. The molecular formula is C27H30O9. The first-order chi connectivity index (χ1) is 17.0. The van der Waals surface area contributed by atoms with E-state index in [9.17, 15) is 25.2 Å². The van der Waals surface area contributed by atoms with E-state index in [-0.39, 0.29) is 5.57 Å². The molecule has 192 valence electrons. The SMILES string of the molecule is C=C(C)[C@@]12O[C@@]3(c4ccccc4)O[C@@H]1[C@@H]1[C@@H]4O[C@]4(CO)[C@@H](O)[C@]4(O)C(=O)C(C)=C[C@H]4[C@@]1(O3)[C@H](C)[C@H]2O. The Morgan fingerprint density at radius 3 is 2.44 bits per heavy atom. The first-order valence-corrected chi connectivity index (χ1v) is 12.4. The van der Waals surface area contributed by atoms with E-state index in [2.05, 4.69) is 6.58 Å². The Balaban J connectivity index is 1.56. The summed E-state index contributed by atoms with van der Waals surface area (Å²) in [7, 11) is 0. The maximum Gasteiger partial charge on any atom is 0.314 e. The number of ether oxygens (including phenoxy) is 4. The lowest BCUT2D eigenvalue weighted by atomic mass is 9.53. The fourth-order valence-corrected chi connectivity index (χ4v) is 8.15. The van der Waals surface area contributed by atoms with Gasteiger partial charge < -0.3 is 39.4 Å². The minimum absolute atomic E-state index is 0.261. The first kappa shape index (κ1) is 23.2. The van der Waals surface area contributed by atoms with Crippen LogP contribution in [-0.4, -0.2) is 79.6 Å². The highest BCUT2D eigenvalue weighted by atomic mass is 16.9. The highest BCUT2D eigenvalue weighted by Crippen LogP contribution is 2.73. The van der Waals surface area contributed by atoms with Crippen molar-refractivity contribution in [1.82, 2.24) is 0 Å². The van der Waals surface area contributed by atoms with Crippen molar-refractivity contribution in [3.8, 4) is 0 Å². The molecule has 12 atom stereocenters. The Hall–Kier alpha value is -1.95. The van der Waals surface area contributed by atoms with Gasteiger partial charge in [-0.05, 0) is 25.0 Å². The molecule has 3 heterocycles. The molecule has 36 heavy (non-hydrogen) atoms. The molecule has 0 spiro atoms. The Bertz CT molecular complexity index is 1230. The van der Waals surface area contributed by atoms with Gasteiger partial charge in [0.2, 0.25) is 0 Å². The van der Waals surface area contributed by atoms with Gasteiger partial charge in [-0.25, -0.2) is 0 Å². The number of fused-ring (bicyclic) bond motifs is 3. The van der Waals surface area contributed by atoms with Crippen LogP contribution >= 0.6 is 0 Å². The fraction of sp³-hybridized carbons (Fsp3) is 0.593. The zero-order valence-electron chi connectivity index (χ0n) is 20.2. The van der Waals surface area contributed by atoms with E-state index >= 15 is 0 Å². The molecule has 0 aromatic heterocycles. The van der Waals surface area contributed by atoms with Gasteiger partial charge in [-0.2, -0.15) is 0 Å². The lowest BCUT2D eigenvalue weighted by molar-refractivity contribution is -0.440. The van der Waals surface area contributed by atoms with Gasteiger partial charge in [-0.1, -0.05) is 49.9 Å². The van der Waals surface area contributed by atoms with Gasteiger partial charge in [0.1, 0.15) is 29.5 Å². The highest BCUT2D eigenvalue weighted by molar-refractivity contribution is 6.05. The zero-order valence-corrected chi connectivity index (χ0v) is 20.2. The summed E-state index contributed by atoms with van der Waals surface area (Å²) >= 11 is 0. The molecule has 7 rings (SSSR count). The summed E-state index contributed by atoms with van der Waals surface area (Å²) in [5.74, 6) is -4.94. The molecule has 3 aliphatic carbocycles. The molecule has 1 aromatic carbocycles. The van der Waals surface area contributed by atoms with Crippen molar-refractivity contribution in [3.05, 3.63) is 59.7 Å². The number of Topliss-reactive ketones (excluding diaryl/α,β-unsaturated/α-hetero) is 1. The van der Waals surface area contributed by atoms with E-state index in [1.165, 1.54) is 0 Å². The van der Waals surface area contributed by atoms with Crippen LogP contribution in [0.1, 0.15) is 26.3 Å². The number of aliphatic hydroxyl groups is 4. The van der Waals surface area contributed by atoms with Gasteiger partial charge in [0, 0.05) is 23.3 Å². The van der Waals surface area contributed by atoms with Crippen LogP contribution in [0, 0.1) is 17.8 Å². The van der Waals surface area contributed by atoms with Crippen LogP contribution in [0.3, 0.4) is 0 Å². The zero-order chi connectivity index (χ0) is 25.6. The normalized spacial score (nSPS) is 55.9. The summed E-state index contributed by atoms with van der Waals surface area (Å²) in [6.07, 6.45) is -2.99. The molecule has 1 aromatic rings.